The minimum atomic E-state index is 0.173. The zero-order valence-electron chi connectivity index (χ0n) is 10.3. The number of phenolic OH excluding ortho intramolecular Hbond substituents is 1. The Bertz CT molecular complexity index is 480. The van der Waals surface area contributed by atoms with Gasteiger partial charge < -0.3 is 19.6 Å². The topological polar surface area (TPSA) is 54.6 Å². The van der Waals surface area contributed by atoms with Crippen molar-refractivity contribution >= 4 is 0 Å². The average molecular weight is 247 g/mol. The summed E-state index contributed by atoms with van der Waals surface area (Å²) in [6.07, 6.45) is 1.66. The molecular weight excluding hydrogens is 230 g/mol. The Morgan fingerprint density at radius 2 is 2.17 bits per heavy atom. The Morgan fingerprint density at radius 1 is 1.28 bits per heavy atom. The van der Waals surface area contributed by atoms with E-state index in [4.69, 9.17) is 9.15 Å². The van der Waals surface area contributed by atoms with Crippen molar-refractivity contribution in [2.75, 3.05) is 6.61 Å². The summed E-state index contributed by atoms with van der Waals surface area (Å²) in [4.78, 5) is 0. The summed E-state index contributed by atoms with van der Waals surface area (Å²) in [5.74, 6) is 1.60. The fourth-order valence-corrected chi connectivity index (χ4v) is 1.68. The average Bonchev–Trinajstić information content (AvgIpc) is 2.87. The summed E-state index contributed by atoms with van der Waals surface area (Å²) >= 11 is 0. The number of hydrogen-bond acceptors (Lipinski definition) is 4. The van der Waals surface area contributed by atoms with Gasteiger partial charge in [0.15, 0.2) is 11.5 Å². The number of furan rings is 1. The van der Waals surface area contributed by atoms with E-state index in [-0.39, 0.29) is 5.75 Å². The molecule has 0 aliphatic heterocycles. The largest absolute Gasteiger partial charge is 0.504 e. The van der Waals surface area contributed by atoms with E-state index in [2.05, 4.69) is 5.32 Å². The van der Waals surface area contributed by atoms with Gasteiger partial charge in [-0.2, -0.15) is 0 Å². The molecule has 2 N–H and O–H groups in total. The monoisotopic (exact) mass is 247 g/mol. The van der Waals surface area contributed by atoms with Crippen LogP contribution < -0.4 is 10.1 Å². The predicted molar refractivity (Wildman–Crippen MR) is 68.5 cm³/mol. The van der Waals surface area contributed by atoms with Crippen molar-refractivity contribution in [1.82, 2.24) is 5.32 Å². The quantitative estimate of drug-likeness (QED) is 0.824. The Balaban J connectivity index is 1.90. The number of hydrogen-bond donors (Lipinski definition) is 2. The molecule has 0 saturated carbocycles. The number of ether oxygens (including phenoxy) is 1. The highest BCUT2D eigenvalue weighted by Gasteiger charge is 2.03. The van der Waals surface area contributed by atoms with Gasteiger partial charge >= 0.3 is 0 Å². The number of nitrogens with one attached hydrogen (secondary N) is 1. The van der Waals surface area contributed by atoms with Crippen molar-refractivity contribution in [2.24, 2.45) is 0 Å². The fraction of sp³-hybridized carbons (Fsp3) is 0.286. The highest BCUT2D eigenvalue weighted by atomic mass is 16.5. The zero-order chi connectivity index (χ0) is 12.8. The Hall–Kier alpha value is -1.94. The molecule has 0 fully saturated rings. The highest BCUT2D eigenvalue weighted by molar-refractivity contribution is 5.41. The van der Waals surface area contributed by atoms with Gasteiger partial charge in [-0.05, 0) is 36.8 Å². The van der Waals surface area contributed by atoms with Crippen LogP contribution in [-0.4, -0.2) is 11.7 Å². The van der Waals surface area contributed by atoms with Crippen molar-refractivity contribution in [3.8, 4) is 11.5 Å². The van der Waals surface area contributed by atoms with E-state index in [0.717, 1.165) is 11.3 Å². The molecule has 0 bridgehead atoms. The normalized spacial score (nSPS) is 10.5. The van der Waals surface area contributed by atoms with E-state index >= 15 is 0 Å². The third kappa shape index (κ3) is 3.28. The minimum absolute atomic E-state index is 0.173. The molecule has 18 heavy (non-hydrogen) atoms. The summed E-state index contributed by atoms with van der Waals surface area (Å²) < 4.78 is 10.6. The molecule has 1 aromatic heterocycles. The molecule has 0 amide bonds. The van der Waals surface area contributed by atoms with Crippen molar-refractivity contribution in [3.63, 3.8) is 0 Å². The molecule has 96 valence electrons. The van der Waals surface area contributed by atoms with Crippen LogP contribution in [0.4, 0.5) is 0 Å². The molecule has 0 saturated heterocycles. The van der Waals surface area contributed by atoms with E-state index in [0.29, 0.717) is 25.4 Å². The maximum absolute atomic E-state index is 9.58. The van der Waals surface area contributed by atoms with Crippen LogP contribution in [0, 0.1) is 0 Å². The van der Waals surface area contributed by atoms with Gasteiger partial charge in [-0.15, -0.1) is 0 Å². The minimum Gasteiger partial charge on any atom is -0.504 e. The second kappa shape index (κ2) is 6.12. The maximum atomic E-state index is 9.58. The molecule has 0 unspecified atom stereocenters. The lowest BCUT2D eigenvalue weighted by Gasteiger charge is -2.08. The van der Waals surface area contributed by atoms with Gasteiger partial charge in [-0.25, -0.2) is 0 Å². The van der Waals surface area contributed by atoms with Crippen molar-refractivity contribution in [3.05, 3.63) is 47.9 Å². The molecule has 1 heterocycles. The number of aromatic hydroxyl groups is 1. The predicted octanol–water partition coefficient (Wildman–Crippen LogP) is 2.67. The lowest BCUT2D eigenvalue weighted by molar-refractivity contribution is 0.317. The summed E-state index contributed by atoms with van der Waals surface area (Å²) in [5, 5.41) is 12.8. The van der Waals surface area contributed by atoms with Crippen LogP contribution in [0.2, 0.25) is 0 Å². The highest BCUT2D eigenvalue weighted by Crippen LogP contribution is 2.26. The molecule has 2 aromatic rings. The van der Waals surface area contributed by atoms with Crippen molar-refractivity contribution in [2.45, 2.75) is 20.0 Å². The van der Waals surface area contributed by atoms with Crippen LogP contribution >= 0.6 is 0 Å². The SMILES string of the molecule is CCOc1cc(CNCc2ccco2)ccc1O. The molecule has 0 spiro atoms. The first-order valence-electron chi connectivity index (χ1n) is 5.97. The number of rotatable bonds is 6. The van der Waals surface area contributed by atoms with Gasteiger partial charge in [-0.1, -0.05) is 6.07 Å². The molecule has 0 radical (unpaired) electrons. The number of benzene rings is 1. The molecule has 4 nitrogen and oxygen atoms in total. The van der Waals surface area contributed by atoms with Gasteiger partial charge in [0.2, 0.25) is 0 Å². The third-order valence-electron chi connectivity index (χ3n) is 2.53. The van der Waals surface area contributed by atoms with E-state index in [1.165, 1.54) is 0 Å². The molecule has 0 aliphatic carbocycles. The Labute approximate surface area is 106 Å². The van der Waals surface area contributed by atoms with Crippen molar-refractivity contribution < 1.29 is 14.3 Å². The molecule has 2 rings (SSSR count). The van der Waals surface area contributed by atoms with E-state index < -0.39 is 0 Å². The molecule has 0 atom stereocenters. The maximum Gasteiger partial charge on any atom is 0.161 e. The molecule has 4 heteroatoms. The van der Waals surface area contributed by atoms with Crippen molar-refractivity contribution in [1.29, 1.82) is 0 Å². The van der Waals surface area contributed by atoms with Gasteiger partial charge in [0.05, 0.1) is 19.4 Å². The summed E-state index contributed by atoms with van der Waals surface area (Å²) in [6, 6.07) is 9.15. The van der Waals surface area contributed by atoms with Crippen LogP contribution in [0.25, 0.3) is 0 Å². The first kappa shape index (κ1) is 12.5. The Morgan fingerprint density at radius 3 is 2.89 bits per heavy atom. The first-order chi connectivity index (χ1) is 8.79. The van der Waals surface area contributed by atoms with Crippen LogP contribution in [0.3, 0.4) is 0 Å². The van der Waals surface area contributed by atoms with Gasteiger partial charge in [0, 0.05) is 6.54 Å². The zero-order valence-corrected chi connectivity index (χ0v) is 10.3. The second-order valence-corrected chi connectivity index (χ2v) is 3.92. The molecular formula is C14H17NO3. The number of phenols is 1. The summed E-state index contributed by atoms with van der Waals surface area (Å²) in [6.45, 7) is 3.80. The van der Waals surface area contributed by atoms with Gasteiger partial charge in [-0.3, -0.25) is 0 Å². The Kier molecular flexibility index (Phi) is 4.25. The van der Waals surface area contributed by atoms with E-state index in [1.54, 1.807) is 12.3 Å². The van der Waals surface area contributed by atoms with Gasteiger partial charge in [0.1, 0.15) is 5.76 Å². The fourth-order valence-electron chi connectivity index (χ4n) is 1.68. The second-order valence-electron chi connectivity index (χ2n) is 3.92. The van der Waals surface area contributed by atoms with Crippen LogP contribution in [0.15, 0.2) is 41.0 Å². The molecule has 1 aromatic carbocycles. The third-order valence-corrected chi connectivity index (χ3v) is 2.53. The summed E-state index contributed by atoms with van der Waals surface area (Å²) in [5.41, 5.74) is 1.06. The van der Waals surface area contributed by atoms with Crippen LogP contribution in [0.1, 0.15) is 18.2 Å². The van der Waals surface area contributed by atoms with Gasteiger partial charge in [0.25, 0.3) is 0 Å². The smallest absolute Gasteiger partial charge is 0.161 e. The first-order valence-corrected chi connectivity index (χ1v) is 5.97. The lowest BCUT2D eigenvalue weighted by atomic mass is 10.2. The van der Waals surface area contributed by atoms with Crippen LogP contribution in [-0.2, 0) is 13.1 Å². The van der Waals surface area contributed by atoms with Crippen LogP contribution in [0.5, 0.6) is 11.5 Å². The summed E-state index contributed by atoms with van der Waals surface area (Å²) in [7, 11) is 0. The standard InChI is InChI=1S/C14H17NO3/c1-2-17-14-8-11(5-6-13(14)16)9-15-10-12-4-3-7-18-12/h3-8,15-16H,2,9-10H2,1H3. The molecule has 0 aliphatic rings. The van der Waals surface area contributed by atoms with E-state index in [1.807, 2.05) is 31.2 Å². The van der Waals surface area contributed by atoms with E-state index in [9.17, 15) is 5.11 Å². The lowest BCUT2D eigenvalue weighted by Crippen LogP contribution is -2.12.